The summed E-state index contributed by atoms with van der Waals surface area (Å²) in [4.78, 5) is 28.5. The average Bonchev–Trinajstić information content (AvgIpc) is 3.09. The van der Waals surface area contributed by atoms with E-state index in [0.717, 1.165) is 27.9 Å². The van der Waals surface area contributed by atoms with Crippen LogP contribution in [0.15, 0.2) is 59.5 Å². The zero-order valence-corrected chi connectivity index (χ0v) is 19.4. The van der Waals surface area contributed by atoms with E-state index in [2.05, 4.69) is 34.8 Å². The lowest BCUT2D eigenvalue weighted by Gasteiger charge is -2.14. The molecular weight excluding hydrogens is 422 g/mol. The predicted octanol–water partition coefficient (Wildman–Crippen LogP) is 5.78. The summed E-state index contributed by atoms with van der Waals surface area (Å²) in [5.74, 6) is -0.268. The monoisotopic (exact) mass is 447 g/mol. The minimum absolute atomic E-state index is 0.139. The molecule has 2 N–H and O–H groups in total. The van der Waals surface area contributed by atoms with Crippen molar-refractivity contribution in [1.29, 1.82) is 0 Å². The van der Waals surface area contributed by atoms with E-state index < -0.39 is 0 Å². The van der Waals surface area contributed by atoms with E-state index in [0.29, 0.717) is 21.5 Å². The maximum absolute atomic E-state index is 13.3. The molecule has 2 aromatic carbocycles. The van der Waals surface area contributed by atoms with E-state index in [1.165, 1.54) is 0 Å². The Morgan fingerprint density at radius 1 is 1.09 bits per heavy atom. The fraction of sp³-hybridized carbons (Fsp3) is 0.231. The topological polar surface area (TPSA) is 66.9 Å². The Morgan fingerprint density at radius 2 is 1.81 bits per heavy atom. The molecule has 1 amide bonds. The molecule has 0 bridgehead atoms. The fourth-order valence-electron chi connectivity index (χ4n) is 4.11. The van der Waals surface area contributed by atoms with Gasteiger partial charge in [0.05, 0.1) is 16.1 Å². The molecule has 4 aromatic rings. The van der Waals surface area contributed by atoms with E-state index in [9.17, 15) is 9.59 Å². The van der Waals surface area contributed by atoms with Crippen LogP contribution in [0.3, 0.4) is 0 Å². The molecule has 0 atom stereocenters. The molecule has 4 rings (SSSR count). The van der Waals surface area contributed by atoms with Gasteiger partial charge >= 0.3 is 0 Å². The summed E-state index contributed by atoms with van der Waals surface area (Å²) in [6.45, 7) is 8.01. The zero-order chi connectivity index (χ0) is 23.0. The van der Waals surface area contributed by atoms with Crippen molar-refractivity contribution in [3.05, 3.63) is 92.5 Å². The SMILES string of the molecule is Cc1cc(C)c(CNC(=O)c2cc(-c3ccccc3)cc3c2c(Cl)cn3C(C)C)c(=O)[nH]1. The van der Waals surface area contributed by atoms with E-state index in [1.807, 2.05) is 62.5 Å². The Bertz CT molecular complexity index is 1370. The lowest BCUT2D eigenvalue weighted by molar-refractivity contribution is 0.0952. The number of nitrogens with zero attached hydrogens (tertiary/aromatic N) is 1. The van der Waals surface area contributed by atoms with Crippen LogP contribution >= 0.6 is 11.6 Å². The minimum atomic E-state index is -0.268. The molecule has 0 aliphatic heterocycles. The Kier molecular flexibility index (Phi) is 5.94. The Balaban J connectivity index is 1.80. The number of benzene rings is 2. The number of H-pyrrole nitrogens is 1. The van der Waals surface area contributed by atoms with E-state index in [-0.39, 0.29) is 24.1 Å². The third-order valence-corrected chi connectivity index (χ3v) is 6.00. The molecule has 0 saturated heterocycles. The van der Waals surface area contributed by atoms with Crippen LogP contribution in [-0.2, 0) is 6.54 Å². The number of aromatic amines is 1. The smallest absolute Gasteiger partial charge is 0.253 e. The number of rotatable bonds is 5. The lowest BCUT2D eigenvalue weighted by Crippen LogP contribution is -2.28. The van der Waals surface area contributed by atoms with Crippen molar-refractivity contribution in [2.45, 2.75) is 40.3 Å². The number of fused-ring (bicyclic) bond motifs is 1. The number of aryl methyl sites for hydroxylation is 2. The lowest BCUT2D eigenvalue weighted by atomic mass is 9.99. The maximum atomic E-state index is 13.3. The number of hydrogen-bond donors (Lipinski definition) is 2. The van der Waals surface area contributed by atoms with Gasteiger partial charge in [-0.3, -0.25) is 9.59 Å². The molecule has 0 saturated carbocycles. The van der Waals surface area contributed by atoms with Crippen molar-refractivity contribution in [2.24, 2.45) is 0 Å². The second-order valence-corrected chi connectivity index (χ2v) is 8.79. The largest absolute Gasteiger partial charge is 0.348 e. The molecule has 0 aliphatic rings. The molecule has 2 heterocycles. The fourth-order valence-corrected chi connectivity index (χ4v) is 4.41. The number of halogens is 1. The molecule has 0 spiro atoms. The zero-order valence-electron chi connectivity index (χ0n) is 18.6. The summed E-state index contributed by atoms with van der Waals surface area (Å²) in [5, 5.41) is 4.17. The Morgan fingerprint density at radius 3 is 2.47 bits per heavy atom. The number of carbonyl (C=O) groups excluding carboxylic acids is 1. The molecule has 0 radical (unpaired) electrons. The van der Waals surface area contributed by atoms with Gasteiger partial charge in [-0.2, -0.15) is 0 Å². The number of aromatic nitrogens is 2. The number of amides is 1. The molecule has 0 unspecified atom stereocenters. The first-order valence-corrected chi connectivity index (χ1v) is 11.0. The van der Waals surface area contributed by atoms with Gasteiger partial charge in [0, 0.05) is 35.4 Å². The molecule has 2 aromatic heterocycles. The highest BCUT2D eigenvalue weighted by Crippen LogP contribution is 2.35. The molecule has 32 heavy (non-hydrogen) atoms. The van der Waals surface area contributed by atoms with Gasteiger partial charge in [-0.05, 0) is 62.6 Å². The van der Waals surface area contributed by atoms with Crippen LogP contribution in [0.1, 0.15) is 47.1 Å². The van der Waals surface area contributed by atoms with Crippen LogP contribution in [0, 0.1) is 13.8 Å². The van der Waals surface area contributed by atoms with Crippen molar-refractivity contribution in [1.82, 2.24) is 14.9 Å². The molecule has 0 fully saturated rings. The third kappa shape index (κ3) is 4.08. The maximum Gasteiger partial charge on any atom is 0.253 e. The van der Waals surface area contributed by atoms with Gasteiger partial charge in [0.25, 0.3) is 11.5 Å². The van der Waals surface area contributed by atoms with Gasteiger partial charge < -0.3 is 14.9 Å². The molecular formula is C26H26ClN3O2. The standard InChI is InChI=1S/C26H26ClN3O2/c1-15(2)30-14-22(27)24-20(11-19(12-23(24)30)18-8-6-5-7-9-18)25(31)28-13-21-16(3)10-17(4)29-26(21)32/h5-12,14-15H,13H2,1-4H3,(H,28,31)(H,29,32). The van der Waals surface area contributed by atoms with Crippen molar-refractivity contribution in [3.63, 3.8) is 0 Å². The van der Waals surface area contributed by atoms with Crippen LogP contribution in [0.25, 0.3) is 22.0 Å². The average molecular weight is 448 g/mol. The molecule has 164 valence electrons. The van der Waals surface area contributed by atoms with Crippen molar-refractivity contribution < 1.29 is 4.79 Å². The van der Waals surface area contributed by atoms with Crippen molar-refractivity contribution >= 4 is 28.4 Å². The Labute approximate surface area is 192 Å². The first-order chi connectivity index (χ1) is 15.3. The van der Waals surface area contributed by atoms with Crippen LogP contribution in [0.2, 0.25) is 5.02 Å². The van der Waals surface area contributed by atoms with Crippen LogP contribution in [-0.4, -0.2) is 15.5 Å². The highest BCUT2D eigenvalue weighted by molar-refractivity contribution is 6.37. The normalized spacial score (nSPS) is 11.3. The van der Waals surface area contributed by atoms with E-state index in [4.69, 9.17) is 11.6 Å². The minimum Gasteiger partial charge on any atom is -0.348 e. The van der Waals surface area contributed by atoms with Gasteiger partial charge in [-0.25, -0.2) is 0 Å². The first-order valence-electron chi connectivity index (χ1n) is 10.6. The Hall–Kier alpha value is -3.31. The third-order valence-electron chi connectivity index (χ3n) is 5.71. The first kappa shape index (κ1) is 21.9. The second kappa shape index (κ2) is 8.67. The summed E-state index contributed by atoms with van der Waals surface area (Å²) in [6.07, 6.45) is 1.87. The van der Waals surface area contributed by atoms with Gasteiger partial charge in [0.1, 0.15) is 0 Å². The predicted molar refractivity (Wildman–Crippen MR) is 130 cm³/mol. The van der Waals surface area contributed by atoms with Gasteiger partial charge in [0.15, 0.2) is 0 Å². The summed E-state index contributed by atoms with van der Waals surface area (Å²) in [6, 6.07) is 16.0. The van der Waals surface area contributed by atoms with Crippen LogP contribution < -0.4 is 10.9 Å². The van der Waals surface area contributed by atoms with E-state index >= 15 is 0 Å². The summed E-state index contributed by atoms with van der Waals surface area (Å²) < 4.78 is 2.08. The van der Waals surface area contributed by atoms with Gasteiger partial charge in [-0.1, -0.05) is 41.9 Å². The quantitative estimate of drug-likeness (QED) is 0.407. The van der Waals surface area contributed by atoms with Crippen molar-refractivity contribution in [3.8, 4) is 11.1 Å². The van der Waals surface area contributed by atoms with Crippen LogP contribution in [0.5, 0.6) is 0 Å². The second-order valence-electron chi connectivity index (χ2n) is 8.39. The highest BCUT2D eigenvalue weighted by Gasteiger charge is 2.20. The number of hydrogen-bond acceptors (Lipinski definition) is 2. The van der Waals surface area contributed by atoms with Gasteiger partial charge in [0.2, 0.25) is 0 Å². The highest BCUT2D eigenvalue weighted by atomic mass is 35.5. The summed E-state index contributed by atoms with van der Waals surface area (Å²) in [7, 11) is 0. The number of carbonyl (C=O) groups is 1. The number of pyridine rings is 1. The molecule has 5 nitrogen and oxygen atoms in total. The van der Waals surface area contributed by atoms with Crippen LogP contribution in [0.4, 0.5) is 0 Å². The summed E-state index contributed by atoms with van der Waals surface area (Å²) in [5.41, 5.74) is 5.35. The van der Waals surface area contributed by atoms with Gasteiger partial charge in [-0.15, -0.1) is 0 Å². The summed E-state index contributed by atoms with van der Waals surface area (Å²) >= 11 is 6.60. The van der Waals surface area contributed by atoms with Crippen molar-refractivity contribution in [2.75, 3.05) is 0 Å². The molecule has 6 heteroatoms. The number of nitrogens with one attached hydrogen (secondary N) is 2. The van der Waals surface area contributed by atoms with E-state index in [1.54, 1.807) is 0 Å². The molecule has 0 aliphatic carbocycles.